The van der Waals surface area contributed by atoms with E-state index in [0.717, 1.165) is 23.9 Å². The second-order valence-corrected chi connectivity index (χ2v) is 14.0. The number of rotatable bonds is 11. The molecule has 7 heteroatoms. The quantitative estimate of drug-likeness (QED) is 0.299. The summed E-state index contributed by atoms with van der Waals surface area (Å²) in [5.41, 5.74) is 1.77. The Morgan fingerprint density at radius 3 is 2.37 bits per heavy atom. The summed E-state index contributed by atoms with van der Waals surface area (Å²) in [7, 11) is -1.09. The minimum Gasteiger partial charge on any atom is -0.489 e. The number of hydrogen-bond acceptors (Lipinski definition) is 4. The predicted octanol–water partition coefficient (Wildman–Crippen LogP) is 5.49. The molecule has 0 unspecified atom stereocenters. The molecule has 5 nitrogen and oxygen atoms in total. The maximum Gasteiger partial charge on any atom is 0.132 e. The van der Waals surface area contributed by atoms with Crippen molar-refractivity contribution in [2.75, 3.05) is 6.61 Å². The van der Waals surface area contributed by atoms with Crippen LogP contribution in [0.1, 0.15) is 11.3 Å². The zero-order valence-corrected chi connectivity index (χ0v) is 18.8. The smallest absolute Gasteiger partial charge is 0.132 e. The molecule has 0 aliphatic heterocycles. The number of imidazole rings is 1. The highest BCUT2D eigenvalue weighted by atomic mass is 28.3. The molecule has 0 bridgehead atoms. The zero-order valence-electron chi connectivity index (χ0n) is 17.8. The highest BCUT2D eigenvalue weighted by Crippen LogP contribution is 2.23. The van der Waals surface area contributed by atoms with E-state index in [1.54, 1.807) is 12.4 Å². The lowest BCUT2D eigenvalue weighted by Crippen LogP contribution is -2.21. The van der Waals surface area contributed by atoms with Crippen LogP contribution in [0.2, 0.25) is 25.7 Å². The number of benzene rings is 2. The van der Waals surface area contributed by atoms with Crippen LogP contribution in [0.4, 0.5) is 4.39 Å². The van der Waals surface area contributed by atoms with Crippen LogP contribution in [0.15, 0.2) is 61.1 Å². The van der Waals surface area contributed by atoms with Gasteiger partial charge < -0.3 is 18.8 Å². The summed E-state index contributed by atoms with van der Waals surface area (Å²) in [6, 6.07) is 15.2. The van der Waals surface area contributed by atoms with Crippen LogP contribution in [0, 0.1) is 5.82 Å². The van der Waals surface area contributed by atoms with Gasteiger partial charge in [0.05, 0.1) is 12.0 Å². The Hall–Kier alpha value is -2.64. The van der Waals surface area contributed by atoms with Crippen LogP contribution in [-0.4, -0.2) is 24.2 Å². The number of aromatic nitrogens is 2. The van der Waals surface area contributed by atoms with Crippen LogP contribution in [0.3, 0.4) is 0 Å². The van der Waals surface area contributed by atoms with Gasteiger partial charge in [-0.15, -0.1) is 0 Å². The van der Waals surface area contributed by atoms with Gasteiger partial charge in [0.2, 0.25) is 0 Å². The van der Waals surface area contributed by atoms with Crippen molar-refractivity contribution in [3.63, 3.8) is 0 Å². The molecule has 0 aliphatic carbocycles. The van der Waals surface area contributed by atoms with E-state index in [9.17, 15) is 4.39 Å². The van der Waals surface area contributed by atoms with E-state index >= 15 is 0 Å². The van der Waals surface area contributed by atoms with Crippen molar-refractivity contribution in [1.82, 2.24) is 9.55 Å². The molecule has 3 aromatic rings. The highest BCUT2D eigenvalue weighted by molar-refractivity contribution is 6.76. The summed E-state index contributed by atoms with van der Waals surface area (Å²) in [5, 5.41) is 0. The SMILES string of the molecule is C[Si](C)(C)CCOCn1cnc(COc2cc(F)cc(OCc3ccccc3)c2)c1. The van der Waals surface area contributed by atoms with Crippen molar-refractivity contribution >= 4 is 8.07 Å². The van der Waals surface area contributed by atoms with Crippen LogP contribution in [0.5, 0.6) is 11.5 Å². The Balaban J connectivity index is 1.48. The normalized spacial score (nSPS) is 11.5. The lowest BCUT2D eigenvalue weighted by Gasteiger charge is -2.15. The monoisotopic (exact) mass is 428 g/mol. The first kappa shape index (κ1) is 22.1. The van der Waals surface area contributed by atoms with E-state index in [1.807, 2.05) is 41.1 Å². The summed E-state index contributed by atoms with van der Waals surface area (Å²) >= 11 is 0. The summed E-state index contributed by atoms with van der Waals surface area (Å²) in [6.07, 6.45) is 3.59. The minimum absolute atomic E-state index is 0.240. The number of nitrogens with zero attached hydrogens (tertiary/aromatic N) is 2. The van der Waals surface area contributed by atoms with Crippen molar-refractivity contribution in [1.29, 1.82) is 0 Å². The largest absolute Gasteiger partial charge is 0.489 e. The van der Waals surface area contributed by atoms with Crippen LogP contribution >= 0.6 is 0 Å². The average Bonchev–Trinajstić information content (AvgIpc) is 3.16. The predicted molar refractivity (Wildman–Crippen MR) is 118 cm³/mol. The maximum atomic E-state index is 13.9. The van der Waals surface area contributed by atoms with Crippen molar-refractivity contribution in [3.05, 3.63) is 78.1 Å². The Bertz CT molecular complexity index is 926. The first-order valence-electron chi connectivity index (χ1n) is 10.1. The Morgan fingerprint density at radius 2 is 1.67 bits per heavy atom. The molecule has 0 N–H and O–H groups in total. The molecule has 160 valence electrons. The summed E-state index contributed by atoms with van der Waals surface area (Å²) in [6.45, 7) is 8.81. The van der Waals surface area contributed by atoms with E-state index < -0.39 is 13.9 Å². The summed E-state index contributed by atoms with van der Waals surface area (Å²) < 4.78 is 33.0. The molecule has 0 saturated heterocycles. The van der Waals surface area contributed by atoms with Gasteiger partial charge in [-0.2, -0.15) is 0 Å². The van der Waals surface area contributed by atoms with Gasteiger partial charge >= 0.3 is 0 Å². The molecular formula is C23H29FN2O3Si. The van der Waals surface area contributed by atoms with Crippen molar-refractivity contribution in [3.8, 4) is 11.5 Å². The number of ether oxygens (including phenoxy) is 3. The molecule has 0 amide bonds. The third-order valence-electron chi connectivity index (χ3n) is 4.40. The molecule has 0 radical (unpaired) electrons. The lowest BCUT2D eigenvalue weighted by molar-refractivity contribution is 0.0870. The molecular weight excluding hydrogens is 399 g/mol. The lowest BCUT2D eigenvalue weighted by atomic mass is 10.2. The van der Waals surface area contributed by atoms with Gasteiger partial charge in [-0.25, -0.2) is 9.37 Å². The third-order valence-corrected chi connectivity index (χ3v) is 6.11. The third kappa shape index (κ3) is 7.65. The fourth-order valence-electron chi connectivity index (χ4n) is 2.70. The Morgan fingerprint density at radius 1 is 0.967 bits per heavy atom. The van der Waals surface area contributed by atoms with Crippen LogP contribution in [-0.2, 0) is 24.7 Å². The van der Waals surface area contributed by atoms with Crippen LogP contribution < -0.4 is 9.47 Å². The second kappa shape index (κ2) is 10.4. The van der Waals surface area contributed by atoms with Crippen molar-refractivity contribution < 1.29 is 18.6 Å². The van der Waals surface area contributed by atoms with E-state index in [0.29, 0.717) is 24.8 Å². The van der Waals surface area contributed by atoms with E-state index in [1.165, 1.54) is 12.1 Å². The number of hydrogen-bond donors (Lipinski definition) is 0. The maximum absolute atomic E-state index is 13.9. The topological polar surface area (TPSA) is 45.5 Å². The molecule has 0 atom stereocenters. The fraction of sp³-hybridized carbons (Fsp3) is 0.348. The van der Waals surface area contributed by atoms with Crippen molar-refractivity contribution in [2.45, 2.75) is 45.6 Å². The molecule has 0 fully saturated rings. The number of halogens is 1. The van der Waals surface area contributed by atoms with E-state index in [4.69, 9.17) is 14.2 Å². The van der Waals surface area contributed by atoms with E-state index in [2.05, 4.69) is 24.6 Å². The van der Waals surface area contributed by atoms with E-state index in [-0.39, 0.29) is 6.61 Å². The fourth-order valence-corrected chi connectivity index (χ4v) is 3.46. The first-order valence-corrected chi connectivity index (χ1v) is 13.8. The molecule has 30 heavy (non-hydrogen) atoms. The molecule has 0 aliphatic rings. The molecule has 3 rings (SSSR count). The highest BCUT2D eigenvalue weighted by Gasteiger charge is 2.12. The first-order chi connectivity index (χ1) is 14.4. The Kier molecular flexibility index (Phi) is 7.65. The second-order valence-electron chi connectivity index (χ2n) is 8.41. The van der Waals surface area contributed by atoms with Gasteiger partial charge in [0.15, 0.2) is 0 Å². The zero-order chi connectivity index (χ0) is 21.4. The molecule has 1 aromatic heterocycles. The summed E-state index contributed by atoms with van der Waals surface area (Å²) in [4.78, 5) is 4.32. The van der Waals surface area contributed by atoms with Crippen molar-refractivity contribution in [2.24, 2.45) is 0 Å². The van der Waals surface area contributed by atoms with Gasteiger partial charge in [-0.05, 0) is 11.6 Å². The van der Waals surface area contributed by atoms with Crippen LogP contribution in [0.25, 0.3) is 0 Å². The molecule has 0 saturated carbocycles. The Labute approximate surface area is 178 Å². The molecule has 0 spiro atoms. The standard InChI is InChI=1S/C23H29FN2O3Si/c1-30(2,3)10-9-27-18-26-14-21(25-17-26)16-29-23-12-20(24)11-22(13-23)28-15-19-7-5-4-6-8-19/h4-8,11-14,17H,9-10,15-16,18H2,1-3H3. The van der Waals surface area contributed by atoms with Gasteiger partial charge in [0, 0.05) is 39.1 Å². The molecule has 1 heterocycles. The molecule has 2 aromatic carbocycles. The van der Waals surface area contributed by atoms with Gasteiger partial charge in [0.25, 0.3) is 0 Å². The summed E-state index contributed by atoms with van der Waals surface area (Å²) in [5.74, 6) is 0.422. The van der Waals surface area contributed by atoms with Gasteiger partial charge in [-0.1, -0.05) is 50.0 Å². The minimum atomic E-state index is -1.09. The average molecular weight is 429 g/mol. The van der Waals surface area contributed by atoms with Gasteiger partial charge in [0.1, 0.15) is 37.3 Å². The van der Waals surface area contributed by atoms with Gasteiger partial charge in [-0.3, -0.25) is 0 Å².